The summed E-state index contributed by atoms with van der Waals surface area (Å²) in [4.78, 5) is 42.1. The van der Waals surface area contributed by atoms with E-state index in [9.17, 15) is 19.5 Å². The highest BCUT2D eigenvalue weighted by atomic mass is 16.6. The molecule has 8 nitrogen and oxygen atoms in total. The highest BCUT2D eigenvalue weighted by Gasteiger charge is 2.38. The third-order valence-electron chi connectivity index (χ3n) is 6.60. The summed E-state index contributed by atoms with van der Waals surface area (Å²) in [6.07, 6.45) is 1.50. The second kappa shape index (κ2) is 15.4. The minimum Gasteiger partial charge on any atom is -0.444 e. The van der Waals surface area contributed by atoms with E-state index in [0.717, 1.165) is 24.0 Å². The SMILES string of the molecule is CCc1ccc(C(C(=O)NCc2ccccc2)N(C(=O)C(CO)NC(=O)OC(C)(C)C)C(C)CCC(C)C)cc1. The number of aryl methyl sites for hydroxylation is 1. The summed E-state index contributed by atoms with van der Waals surface area (Å²) in [7, 11) is 0. The molecule has 0 heterocycles. The van der Waals surface area contributed by atoms with Gasteiger partial charge in [0.2, 0.25) is 11.8 Å². The Labute approximate surface area is 239 Å². The molecule has 0 fully saturated rings. The van der Waals surface area contributed by atoms with E-state index in [1.54, 1.807) is 20.8 Å². The Balaban J connectivity index is 2.50. The summed E-state index contributed by atoms with van der Waals surface area (Å²) >= 11 is 0. The van der Waals surface area contributed by atoms with Crippen LogP contribution in [0.15, 0.2) is 54.6 Å². The fraction of sp³-hybridized carbons (Fsp3) is 0.531. The van der Waals surface area contributed by atoms with Crippen molar-refractivity contribution >= 4 is 17.9 Å². The molecule has 2 rings (SSSR count). The average molecular weight is 554 g/mol. The van der Waals surface area contributed by atoms with Crippen molar-refractivity contribution in [1.29, 1.82) is 0 Å². The van der Waals surface area contributed by atoms with Crippen molar-refractivity contribution in [2.75, 3.05) is 6.61 Å². The molecule has 0 saturated heterocycles. The maximum absolute atomic E-state index is 14.1. The van der Waals surface area contributed by atoms with E-state index >= 15 is 0 Å². The zero-order valence-corrected chi connectivity index (χ0v) is 25.1. The number of carbonyl (C=O) groups excluding carboxylic acids is 3. The number of aliphatic hydroxyl groups is 1. The minimum atomic E-state index is -1.28. The predicted molar refractivity (Wildman–Crippen MR) is 157 cm³/mol. The quantitative estimate of drug-likeness (QED) is 0.318. The molecule has 2 aromatic rings. The van der Waals surface area contributed by atoms with Gasteiger partial charge in [-0.1, -0.05) is 75.4 Å². The number of nitrogens with zero attached hydrogens (tertiary/aromatic N) is 1. The van der Waals surface area contributed by atoms with Gasteiger partial charge in [-0.2, -0.15) is 0 Å². The number of ether oxygens (including phenoxy) is 1. The van der Waals surface area contributed by atoms with Gasteiger partial charge in [0.1, 0.15) is 17.7 Å². The topological polar surface area (TPSA) is 108 Å². The van der Waals surface area contributed by atoms with Crippen molar-refractivity contribution in [2.24, 2.45) is 5.92 Å². The number of aliphatic hydroxyl groups excluding tert-OH is 1. The van der Waals surface area contributed by atoms with E-state index in [1.165, 1.54) is 4.90 Å². The highest BCUT2D eigenvalue weighted by molar-refractivity contribution is 5.92. The molecule has 0 aromatic heterocycles. The Morgan fingerprint density at radius 1 is 0.925 bits per heavy atom. The fourth-order valence-electron chi connectivity index (χ4n) is 4.38. The van der Waals surface area contributed by atoms with E-state index < -0.39 is 36.3 Å². The normalized spacial score (nSPS) is 13.7. The maximum atomic E-state index is 14.1. The van der Waals surface area contributed by atoms with Gasteiger partial charge in [-0.25, -0.2) is 4.79 Å². The molecule has 0 saturated carbocycles. The molecular formula is C32H47N3O5. The molecule has 0 aliphatic rings. The average Bonchev–Trinajstić information content (AvgIpc) is 2.91. The summed E-state index contributed by atoms with van der Waals surface area (Å²) in [6, 6.07) is 14.6. The Bertz CT molecular complexity index is 1080. The number of carbonyl (C=O) groups is 3. The van der Waals surface area contributed by atoms with Gasteiger partial charge in [-0.15, -0.1) is 0 Å². The molecular weight excluding hydrogens is 506 g/mol. The number of amides is 3. The largest absolute Gasteiger partial charge is 0.444 e. The smallest absolute Gasteiger partial charge is 0.408 e. The number of rotatable bonds is 13. The zero-order valence-electron chi connectivity index (χ0n) is 25.1. The summed E-state index contributed by atoms with van der Waals surface area (Å²) in [6.45, 7) is 13.0. The van der Waals surface area contributed by atoms with Crippen molar-refractivity contribution in [3.05, 3.63) is 71.3 Å². The van der Waals surface area contributed by atoms with Crippen molar-refractivity contribution < 1.29 is 24.2 Å². The summed E-state index contributed by atoms with van der Waals surface area (Å²) in [5.74, 6) is -0.502. The third-order valence-corrected chi connectivity index (χ3v) is 6.60. The number of alkyl carbamates (subject to hydrolysis) is 1. The van der Waals surface area contributed by atoms with Gasteiger partial charge in [0.25, 0.3) is 0 Å². The van der Waals surface area contributed by atoms with Crippen LogP contribution in [0.4, 0.5) is 4.79 Å². The zero-order chi connectivity index (χ0) is 29.9. The van der Waals surface area contributed by atoms with Gasteiger partial charge in [0.05, 0.1) is 6.61 Å². The monoisotopic (exact) mass is 553 g/mol. The maximum Gasteiger partial charge on any atom is 0.408 e. The molecule has 3 atom stereocenters. The van der Waals surface area contributed by atoms with Crippen LogP contribution in [0.3, 0.4) is 0 Å². The molecule has 0 aliphatic carbocycles. The molecule has 0 bridgehead atoms. The second-order valence-corrected chi connectivity index (χ2v) is 11.6. The molecule has 0 radical (unpaired) electrons. The number of nitrogens with one attached hydrogen (secondary N) is 2. The first kappa shape index (κ1) is 32.8. The van der Waals surface area contributed by atoms with Crippen LogP contribution in [-0.4, -0.2) is 52.2 Å². The van der Waals surface area contributed by atoms with E-state index in [2.05, 4.69) is 31.4 Å². The molecule has 3 amide bonds. The van der Waals surface area contributed by atoms with Crippen molar-refractivity contribution in [3.8, 4) is 0 Å². The van der Waals surface area contributed by atoms with E-state index in [0.29, 0.717) is 24.4 Å². The Hall–Kier alpha value is -3.39. The second-order valence-electron chi connectivity index (χ2n) is 11.6. The first-order valence-corrected chi connectivity index (χ1v) is 14.2. The fourth-order valence-corrected chi connectivity index (χ4v) is 4.38. The molecule has 3 N–H and O–H groups in total. The molecule has 0 aliphatic heterocycles. The lowest BCUT2D eigenvalue weighted by atomic mass is 9.96. The van der Waals surface area contributed by atoms with Crippen LogP contribution in [0.2, 0.25) is 0 Å². The Morgan fingerprint density at radius 2 is 1.55 bits per heavy atom. The van der Waals surface area contributed by atoms with Crippen LogP contribution in [-0.2, 0) is 27.3 Å². The first-order chi connectivity index (χ1) is 18.9. The summed E-state index contributed by atoms with van der Waals surface area (Å²) in [5.41, 5.74) is 1.92. The van der Waals surface area contributed by atoms with E-state index in [1.807, 2.05) is 61.5 Å². The lowest BCUT2D eigenvalue weighted by Crippen LogP contribution is -2.56. The number of hydrogen-bond donors (Lipinski definition) is 3. The van der Waals surface area contributed by atoms with Crippen LogP contribution in [0, 0.1) is 5.92 Å². The van der Waals surface area contributed by atoms with Crippen molar-refractivity contribution in [1.82, 2.24) is 15.5 Å². The standard InChI is InChI=1S/C32H47N3O5/c1-8-24-16-18-26(19-17-24)28(29(37)33-20-25-12-10-9-11-13-25)35(23(4)15-14-22(2)3)30(38)27(21-36)34-31(39)40-32(5,6)7/h9-13,16-19,22-23,27-28,36H,8,14-15,20-21H2,1-7H3,(H,33,37)(H,34,39). The first-order valence-electron chi connectivity index (χ1n) is 14.2. The Morgan fingerprint density at radius 3 is 2.08 bits per heavy atom. The molecule has 220 valence electrons. The van der Waals surface area contributed by atoms with E-state index in [-0.39, 0.29) is 11.9 Å². The van der Waals surface area contributed by atoms with Crippen LogP contribution in [0.1, 0.15) is 84.0 Å². The predicted octanol–water partition coefficient (Wildman–Crippen LogP) is 5.15. The summed E-state index contributed by atoms with van der Waals surface area (Å²) in [5, 5.41) is 15.7. The van der Waals surface area contributed by atoms with Crippen LogP contribution in [0.5, 0.6) is 0 Å². The van der Waals surface area contributed by atoms with Gasteiger partial charge in [0.15, 0.2) is 0 Å². The number of hydrogen-bond acceptors (Lipinski definition) is 5. The van der Waals surface area contributed by atoms with E-state index in [4.69, 9.17) is 4.74 Å². The van der Waals surface area contributed by atoms with Gasteiger partial charge in [-0.3, -0.25) is 9.59 Å². The van der Waals surface area contributed by atoms with Gasteiger partial charge in [-0.05, 0) is 69.6 Å². The summed E-state index contributed by atoms with van der Waals surface area (Å²) < 4.78 is 5.33. The van der Waals surface area contributed by atoms with Crippen molar-refractivity contribution in [3.63, 3.8) is 0 Å². The molecule has 0 spiro atoms. The highest BCUT2D eigenvalue weighted by Crippen LogP contribution is 2.28. The van der Waals surface area contributed by atoms with Crippen LogP contribution in [0.25, 0.3) is 0 Å². The van der Waals surface area contributed by atoms with Gasteiger partial charge in [0, 0.05) is 12.6 Å². The van der Waals surface area contributed by atoms with Crippen LogP contribution >= 0.6 is 0 Å². The molecule has 40 heavy (non-hydrogen) atoms. The number of benzene rings is 2. The molecule has 8 heteroatoms. The van der Waals surface area contributed by atoms with Crippen LogP contribution < -0.4 is 10.6 Å². The Kier molecular flexibility index (Phi) is 12.6. The minimum absolute atomic E-state index is 0.297. The lowest BCUT2D eigenvalue weighted by Gasteiger charge is -2.38. The molecule has 3 unspecified atom stereocenters. The third kappa shape index (κ3) is 10.3. The van der Waals surface area contributed by atoms with Gasteiger partial charge < -0.3 is 25.4 Å². The van der Waals surface area contributed by atoms with Crippen molar-refractivity contribution in [2.45, 2.75) is 98.0 Å². The van der Waals surface area contributed by atoms with Gasteiger partial charge >= 0.3 is 6.09 Å². The lowest BCUT2D eigenvalue weighted by molar-refractivity contribution is -0.146. The molecule has 2 aromatic carbocycles.